The third kappa shape index (κ3) is 2.76. The van der Waals surface area contributed by atoms with Crippen LogP contribution in [0.2, 0.25) is 0 Å². The van der Waals surface area contributed by atoms with Crippen LogP contribution in [0.4, 0.5) is 0 Å². The first kappa shape index (κ1) is 20.6. The van der Waals surface area contributed by atoms with Gasteiger partial charge in [0.2, 0.25) is 0 Å². The highest BCUT2D eigenvalue weighted by Gasteiger charge is 2.51. The van der Waals surface area contributed by atoms with Gasteiger partial charge in [-0.25, -0.2) is 0 Å². The van der Waals surface area contributed by atoms with Crippen molar-refractivity contribution in [2.45, 2.75) is 5.41 Å². The summed E-state index contributed by atoms with van der Waals surface area (Å²) in [5.41, 5.74) is 8.98. The first-order valence-electron chi connectivity index (χ1n) is 12.4. The monoisotopic (exact) mass is 492 g/mol. The summed E-state index contributed by atoms with van der Waals surface area (Å²) in [4.78, 5) is 0. The topological polar surface area (TPSA) is 35.0 Å². The number of nitrogens with zero attached hydrogens (tertiary/aromatic N) is 2. The Bertz CT molecular complexity index is 1780. The first-order chi connectivity index (χ1) is 18.4. The van der Waals surface area contributed by atoms with Crippen LogP contribution < -0.4 is 4.74 Å². The molecule has 6 aromatic rings. The van der Waals surface area contributed by atoms with Crippen molar-refractivity contribution in [2.75, 3.05) is 0 Å². The summed E-state index contributed by atoms with van der Waals surface area (Å²) < 4.78 is 6.73. The molecule has 2 heterocycles. The number of benzene rings is 5. The van der Waals surface area contributed by atoms with E-state index in [4.69, 9.17) is 4.74 Å². The van der Waals surface area contributed by atoms with Crippen molar-refractivity contribution in [3.63, 3.8) is 0 Å². The van der Waals surface area contributed by atoms with Gasteiger partial charge in [0.1, 0.15) is 16.5 Å². The maximum Gasteiger partial charge on any atom is 0.151 e. The second-order valence-electron chi connectivity index (χ2n) is 9.40. The number of aromatic nitrogens is 2. The predicted molar refractivity (Wildman–Crippen MR) is 148 cm³/mol. The van der Waals surface area contributed by atoms with Crippen molar-refractivity contribution in [1.29, 1.82) is 0 Å². The fourth-order valence-electron chi connectivity index (χ4n) is 6.08. The van der Waals surface area contributed by atoms with Crippen LogP contribution in [-0.2, 0) is 5.41 Å². The fraction of sp³-hybridized carbons (Fsp3) is 0.0303. The minimum Gasteiger partial charge on any atom is -0.456 e. The van der Waals surface area contributed by atoms with E-state index in [1.807, 2.05) is 24.3 Å². The summed E-state index contributed by atoms with van der Waals surface area (Å²) in [6.07, 6.45) is 0. The highest BCUT2D eigenvalue weighted by atomic mass is 32.1. The Morgan fingerprint density at radius 1 is 0.486 bits per heavy atom. The summed E-state index contributed by atoms with van der Waals surface area (Å²) in [5.74, 6) is 1.73. The summed E-state index contributed by atoms with van der Waals surface area (Å²) in [5, 5.41) is 10.9. The third-order valence-corrected chi connectivity index (χ3v) is 8.56. The molecule has 0 saturated carbocycles. The maximum atomic E-state index is 6.73. The molecular weight excluding hydrogens is 472 g/mol. The SMILES string of the molecule is c1ccc(-c2nnc(-c3cccc4c3Oc3ccccc3C43c4ccccc4-c4ccccc43)s2)cc1. The van der Waals surface area contributed by atoms with E-state index >= 15 is 0 Å². The normalized spacial score (nSPS) is 13.8. The fourth-order valence-corrected chi connectivity index (χ4v) is 6.95. The van der Waals surface area contributed by atoms with Gasteiger partial charge >= 0.3 is 0 Å². The molecular formula is C33H20N2OS. The van der Waals surface area contributed by atoms with Gasteiger partial charge in [0.15, 0.2) is 5.01 Å². The van der Waals surface area contributed by atoms with Crippen LogP contribution in [0.1, 0.15) is 22.3 Å². The van der Waals surface area contributed by atoms with Gasteiger partial charge in [-0.2, -0.15) is 0 Å². The Kier molecular flexibility index (Phi) is 4.31. The number of fused-ring (bicyclic) bond motifs is 9. The molecule has 0 atom stereocenters. The van der Waals surface area contributed by atoms with Crippen LogP contribution in [-0.4, -0.2) is 10.2 Å². The molecule has 5 aromatic carbocycles. The highest BCUT2D eigenvalue weighted by molar-refractivity contribution is 7.18. The van der Waals surface area contributed by atoms with Crippen LogP contribution in [0.5, 0.6) is 11.5 Å². The van der Waals surface area contributed by atoms with Gasteiger partial charge in [-0.15, -0.1) is 10.2 Å². The Morgan fingerprint density at radius 3 is 1.81 bits per heavy atom. The van der Waals surface area contributed by atoms with Gasteiger partial charge in [0, 0.05) is 16.7 Å². The quantitative estimate of drug-likeness (QED) is 0.243. The number of hydrogen-bond acceptors (Lipinski definition) is 4. The zero-order valence-electron chi connectivity index (χ0n) is 19.8. The molecule has 1 aromatic heterocycles. The van der Waals surface area contributed by atoms with Crippen LogP contribution >= 0.6 is 11.3 Å². The van der Waals surface area contributed by atoms with E-state index in [1.165, 1.54) is 27.8 Å². The van der Waals surface area contributed by atoms with E-state index in [1.54, 1.807) is 11.3 Å². The number of hydrogen-bond donors (Lipinski definition) is 0. The second-order valence-corrected chi connectivity index (χ2v) is 10.4. The Hall–Kier alpha value is -4.54. The van der Waals surface area contributed by atoms with Crippen molar-refractivity contribution in [2.24, 2.45) is 0 Å². The van der Waals surface area contributed by atoms with E-state index in [0.717, 1.165) is 38.2 Å². The zero-order valence-corrected chi connectivity index (χ0v) is 20.6. The zero-order chi connectivity index (χ0) is 24.4. The average molecular weight is 493 g/mol. The largest absolute Gasteiger partial charge is 0.456 e. The molecule has 3 nitrogen and oxygen atoms in total. The van der Waals surface area contributed by atoms with E-state index in [9.17, 15) is 0 Å². The second kappa shape index (κ2) is 7.73. The minimum atomic E-state index is -0.472. The average Bonchev–Trinajstić information content (AvgIpc) is 3.57. The van der Waals surface area contributed by atoms with Crippen LogP contribution in [0.3, 0.4) is 0 Å². The van der Waals surface area contributed by atoms with Crippen molar-refractivity contribution in [3.8, 4) is 43.8 Å². The molecule has 1 spiro atoms. The Balaban J connectivity index is 1.43. The van der Waals surface area contributed by atoms with E-state index in [-0.39, 0.29) is 0 Å². The van der Waals surface area contributed by atoms with Crippen molar-refractivity contribution in [1.82, 2.24) is 10.2 Å². The summed E-state index contributed by atoms with van der Waals surface area (Å²) >= 11 is 1.59. The van der Waals surface area contributed by atoms with Gasteiger partial charge in [-0.3, -0.25) is 0 Å². The minimum absolute atomic E-state index is 0.472. The maximum absolute atomic E-state index is 6.73. The molecule has 2 aliphatic rings. The Morgan fingerprint density at radius 2 is 1.05 bits per heavy atom. The lowest BCUT2D eigenvalue weighted by Gasteiger charge is -2.39. The van der Waals surface area contributed by atoms with Gasteiger partial charge in [0.25, 0.3) is 0 Å². The van der Waals surface area contributed by atoms with E-state index in [2.05, 4.69) is 107 Å². The van der Waals surface area contributed by atoms with Crippen LogP contribution in [0.15, 0.2) is 121 Å². The third-order valence-electron chi connectivity index (χ3n) is 7.55. The summed E-state index contributed by atoms with van der Waals surface area (Å²) in [6, 6.07) is 42.7. The van der Waals surface area contributed by atoms with Gasteiger partial charge < -0.3 is 4.74 Å². The smallest absolute Gasteiger partial charge is 0.151 e. The van der Waals surface area contributed by atoms with Crippen molar-refractivity contribution >= 4 is 11.3 Å². The molecule has 1 aliphatic carbocycles. The van der Waals surface area contributed by atoms with E-state index in [0.29, 0.717) is 0 Å². The van der Waals surface area contributed by atoms with Gasteiger partial charge in [-0.1, -0.05) is 121 Å². The Labute approximate surface area is 218 Å². The van der Waals surface area contributed by atoms with Crippen LogP contribution in [0, 0.1) is 0 Å². The predicted octanol–water partition coefficient (Wildman–Crippen LogP) is 8.34. The molecule has 37 heavy (non-hydrogen) atoms. The molecule has 0 fully saturated rings. The lowest BCUT2D eigenvalue weighted by atomic mass is 9.66. The molecule has 0 saturated heterocycles. The van der Waals surface area contributed by atoms with Gasteiger partial charge in [-0.05, 0) is 34.4 Å². The molecule has 0 bridgehead atoms. The van der Waals surface area contributed by atoms with Crippen molar-refractivity contribution < 1.29 is 4.74 Å². The van der Waals surface area contributed by atoms with Gasteiger partial charge in [0.05, 0.1) is 11.0 Å². The molecule has 8 rings (SSSR count). The summed E-state index contributed by atoms with van der Waals surface area (Å²) in [6.45, 7) is 0. The summed E-state index contributed by atoms with van der Waals surface area (Å²) in [7, 11) is 0. The number of rotatable bonds is 2. The van der Waals surface area contributed by atoms with Crippen molar-refractivity contribution in [3.05, 3.63) is 144 Å². The molecule has 0 N–H and O–H groups in total. The molecule has 0 unspecified atom stereocenters. The molecule has 1 aliphatic heterocycles. The number of ether oxygens (including phenoxy) is 1. The standard InChI is InChI=1S/C33H20N2OS/c1-2-11-21(12-3-1)31-34-35-32(37-31)24-15-10-19-28-30(24)36-29-20-9-8-18-27(29)33(28)25-16-6-4-13-22(25)23-14-5-7-17-26(23)33/h1-20H. The lowest BCUT2D eigenvalue weighted by Crippen LogP contribution is -2.32. The lowest BCUT2D eigenvalue weighted by molar-refractivity contribution is 0.438. The first-order valence-corrected chi connectivity index (χ1v) is 13.2. The molecule has 174 valence electrons. The van der Waals surface area contributed by atoms with E-state index < -0.39 is 5.41 Å². The number of para-hydroxylation sites is 2. The van der Waals surface area contributed by atoms with Crippen LogP contribution in [0.25, 0.3) is 32.3 Å². The molecule has 0 amide bonds. The molecule has 4 heteroatoms. The molecule has 0 radical (unpaired) electrons. The highest BCUT2D eigenvalue weighted by Crippen LogP contribution is 2.63.